The van der Waals surface area contributed by atoms with E-state index in [1.807, 2.05) is 0 Å². The predicted octanol–water partition coefficient (Wildman–Crippen LogP) is -6.94. The largest absolute Gasteiger partial charge is 1.00 e. The Morgan fingerprint density at radius 2 is 1.62 bits per heavy atom. The van der Waals surface area contributed by atoms with Gasteiger partial charge in [-0.05, 0) is 0 Å². The van der Waals surface area contributed by atoms with Crippen LogP contribution in [0.3, 0.4) is 0 Å². The van der Waals surface area contributed by atoms with Crippen molar-refractivity contribution >= 4 is 10.4 Å². The van der Waals surface area contributed by atoms with Crippen molar-refractivity contribution in [3.05, 3.63) is 0 Å². The molecule has 5 nitrogen and oxygen atoms in total. The Hall–Kier alpha value is 3.10. The van der Waals surface area contributed by atoms with Crippen molar-refractivity contribution in [2.75, 3.05) is 0 Å². The SMILES string of the molecule is O=S(=O)([O-])OO.[H-].[K+].[K+]. The molecule has 40 valence electrons. The Kier molecular flexibility index (Phi) is 17.7. The van der Waals surface area contributed by atoms with Gasteiger partial charge in [-0.15, -0.1) is 4.33 Å². The molecule has 0 saturated carbocycles. The molecule has 8 heteroatoms. The topological polar surface area (TPSA) is 86.7 Å². The molecule has 0 atom stereocenters. The molecule has 0 aromatic rings. The van der Waals surface area contributed by atoms with Gasteiger partial charge in [0, 0.05) is 0 Å². The molecular formula is H2K2O5S. The molecule has 0 spiro atoms. The van der Waals surface area contributed by atoms with Crippen LogP contribution in [0.15, 0.2) is 0 Å². The standard InChI is InChI=1S/2K.H2O5S.H/c;;1-5-6(2,3)4;/h;;1H,(H,2,3,4);/q2*+1;;-1/p-1. The van der Waals surface area contributed by atoms with Crippen LogP contribution in [0.2, 0.25) is 0 Å². The Balaban J connectivity index is -0.0000000417. The van der Waals surface area contributed by atoms with Crippen LogP contribution >= 0.6 is 0 Å². The van der Waals surface area contributed by atoms with Gasteiger partial charge in [-0.25, -0.2) is 13.7 Å². The number of rotatable bonds is 1. The van der Waals surface area contributed by atoms with Crippen LogP contribution in [0.4, 0.5) is 0 Å². The van der Waals surface area contributed by atoms with Gasteiger partial charge in [-0.3, -0.25) is 0 Å². The summed E-state index contributed by atoms with van der Waals surface area (Å²) in [4.78, 5) is 0. The van der Waals surface area contributed by atoms with Crippen molar-refractivity contribution in [1.29, 1.82) is 0 Å². The second kappa shape index (κ2) is 8.20. The van der Waals surface area contributed by atoms with E-state index in [4.69, 9.17) is 18.2 Å². The summed E-state index contributed by atoms with van der Waals surface area (Å²) in [7, 11) is -4.86. The van der Waals surface area contributed by atoms with E-state index in [9.17, 15) is 0 Å². The van der Waals surface area contributed by atoms with Crippen molar-refractivity contribution in [2.45, 2.75) is 0 Å². The maximum atomic E-state index is 8.97. The molecule has 0 radical (unpaired) electrons. The third-order valence-electron chi connectivity index (χ3n) is 0.0913. The summed E-state index contributed by atoms with van der Waals surface area (Å²) in [6, 6.07) is 0. The average Bonchev–Trinajstić information content (AvgIpc) is 1.35. The molecule has 0 fully saturated rings. The molecule has 0 aromatic carbocycles. The van der Waals surface area contributed by atoms with Crippen molar-refractivity contribution in [3.8, 4) is 0 Å². The van der Waals surface area contributed by atoms with Crippen molar-refractivity contribution in [2.24, 2.45) is 0 Å². The maximum Gasteiger partial charge on any atom is 1.00 e. The smallest absolute Gasteiger partial charge is 1.00 e. The van der Waals surface area contributed by atoms with Crippen LogP contribution in [0.1, 0.15) is 1.43 Å². The second-order valence-corrected chi connectivity index (χ2v) is 1.45. The van der Waals surface area contributed by atoms with E-state index in [1.54, 1.807) is 0 Å². The Labute approximate surface area is 133 Å². The Morgan fingerprint density at radius 3 is 1.62 bits per heavy atom. The summed E-state index contributed by atoms with van der Waals surface area (Å²) in [6.45, 7) is 0. The van der Waals surface area contributed by atoms with Gasteiger partial charge < -0.3 is 5.98 Å². The molecule has 0 saturated heterocycles. The minimum Gasteiger partial charge on any atom is -1.00 e. The molecular weight excluding hydrogens is 190 g/mol. The fraction of sp³-hybridized carbons (Fsp3) is 0. The fourth-order valence-corrected chi connectivity index (χ4v) is 0. The zero-order chi connectivity index (χ0) is 5.21. The zero-order valence-corrected chi connectivity index (χ0v) is 11.6. The van der Waals surface area contributed by atoms with Gasteiger partial charge in [0.05, 0.1) is 0 Å². The summed E-state index contributed by atoms with van der Waals surface area (Å²) in [6.07, 6.45) is 0. The summed E-state index contributed by atoms with van der Waals surface area (Å²) in [5.41, 5.74) is 0. The monoisotopic (exact) mass is 192 g/mol. The van der Waals surface area contributed by atoms with Gasteiger partial charge in [-0.2, -0.15) is 0 Å². The molecule has 1 N–H and O–H groups in total. The van der Waals surface area contributed by atoms with Crippen LogP contribution < -0.4 is 103 Å². The number of hydrogen-bond donors (Lipinski definition) is 1. The van der Waals surface area contributed by atoms with Gasteiger partial charge in [0.25, 0.3) is 0 Å². The summed E-state index contributed by atoms with van der Waals surface area (Å²) in [5.74, 6) is 0. The fourth-order valence-electron chi connectivity index (χ4n) is 0. The summed E-state index contributed by atoms with van der Waals surface area (Å²) >= 11 is 0. The van der Waals surface area contributed by atoms with Crippen LogP contribution in [0, 0.1) is 0 Å². The van der Waals surface area contributed by atoms with Gasteiger partial charge >= 0.3 is 103 Å². The summed E-state index contributed by atoms with van der Waals surface area (Å²) in [5, 5.41) is 7.00. The Morgan fingerprint density at radius 1 is 1.50 bits per heavy atom. The normalized spacial score (nSPS) is 8.75. The minimum atomic E-state index is -4.86. The first kappa shape index (κ1) is 17.3. The third-order valence-corrected chi connectivity index (χ3v) is 0.274. The van der Waals surface area contributed by atoms with Crippen LogP contribution in [-0.2, 0) is 14.7 Å². The van der Waals surface area contributed by atoms with E-state index >= 15 is 0 Å². The van der Waals surface area contributed by atoms with E-state index < -0.39 is 10.4 Å². The predicted molar refractivity (Wildman–Crippen MR) is 14.5 cm³/mol. The molecule has 0 amide bonds. The number of hydrogen-bond acceptors (Lipinski definition) is 5. The second-order valence-electron chi connectivity index (χ2n) is 0.483. The average molecular weight is 192 g/mol. The first-order valence-electron chi connectivity index (χ1n) is 0.849. The van der Waals surface area contributed by atoms with Crippen molar-refractivity contribution in [3.63, 3.8) is 0 Å². The molecule has 0 aliphatic heterocycles. The van der Waals surface area contributed by atoms with Crippen molar-refractivity contribution < 1.29 is 127 Å². The molecule has 0 unspecified atom stereocenters. The van der Waals surface area contributed by atoms with Crippen LogP contribution in [0.5, 0.6) is 0 Å². The first-order valence-corrected chi connectivity index (χ1v) is 2.18. The van der Waals surface area contributed by atoms with E-state index in [1.165, 1.54) is 0 Å². The summed E-state index contributed by atoms with van der Waals surface area (Å²) < 4.78 is 29.3. The molecule has 0 aliphatic carbocycles. The van der Waals surface area contributed by atoms with Crippen LogP contribution in [0.25, 0.3) is 0 Å². The van der Waals surface area contributed by atoms with E-state index in [2.05, 4.69) is 4.33 Å². The first-order chi connectivity index (χ1) is 2.56. The maximum absolute atomic E-state index is 8.97. The molecule has 8 heavy (non-hydrogen) atoms. The van der Waals surface area contributed by atoms with Crippen molar-refractivity contribution in [1.82, 2.24) is 0 Å². The minimum absolute atomic E-state index is 0. The molecule has 0 aromatic heterocycles. The van der Waals surface area contributed by atoms with Gasteiger partial charge in [0.15, 0.2) is 0 Å². The zero-order valence-electron chi connectivity index (χ0n) is 5.49. The third kappa shape index (κ3) is 16.0. The molecule has 0 rings (SSSR count). The van der Waals surface area contributed by atoms with Gasteiger partial charge in [0.2, 0.25) is 10.4 Å². The molecule has 0 heterocycles. The van der Waals surface area contributed by atoms with Gasteiger partial charge in [0.1, 0.15) is 0 Å². The van der Waals surface area contributed by atoms with E-state index in [-0.39, 0.29) is 104 Å². The quantitative estimate of drug-likeness (QED) is 0.147. The van der Waals surface area contributed by atoms with E-state index in [0.29, 0.717) is 0 Å². The Bertz CT molecular complexity index is 117. The van der Waals surface area contributed by atoms with Crippen LogP contribution in [-0.4, -0.2) is 18.2 Å². The van der Waals surface area contributed by atoms with E-state index in [0.717, 1.165) is 0 Å². The van der Waals surface area contributed by atoms with Gasteiger partial charge in [-0.1, -0.05) is 0 Å². The molecule has 0 bridgehead atoms. The molecule has 0 aliphatic rings.